The average molecular weight is 313 g/mol. The minimum Gasteiger partial charge on any atom is -0.534 e. The predicted molar refractivity (Wildman–Crippen MR) is 88.5 cm³/mol. The molecule has 0 aromatic rings. The third-order valence-corrected chi connectivity index (χ3v) is 5.36. The number of hydroxylamine groups is 3. The van der Waals surface area contributed by atoms with Crippen LogP contribution >= 0.6 is 0 Å². The molecule has 1 heterocycles. The largest absolute Gasteiger partial charge is 0.534 e. The van der Waals surface area contributed by atoms with E-state index in [1.54, 1.807) is 6.08 Å². The van der Waals surface area contributed by atoms with E-state index in [1.807, 2.05) is 27.7 Å². The van der Waals surface area contributed by atoms with Crippen LogP contribution < -0.4 is 0 Å². The van der Waals surface area contributed by atoms with Gasteiger partial charge in [0.25, 0.3) is 0 Å². The molecule has 0 aromatic heterocycles. The standard InChI is InChI=1S/C17H33N2O3/c1-7-15(5)13-11-12-14-18-21-17(9-3,10-4)16(6,8-2)19(20)22-15/h8,20H,2,7,9-14H2,1,3-6H3/q-1/t15-,16?/m1/s1. The van der Waals surface area contributed by atoms with E-state index in [0.717, 1.165) is 30.9 Å². The minimum absolute atomic E-state index is 0.406. The maximum atomic E-state index is 10.7. The summed E-state index contributed by atoms with van der Waals surface area (Å²) in [5.74, 6) is 0. The van der Waals surface area contributed by atoms with Crippen molar-refractivity contribution in [3.63, 3.8) is 0 Å². The van der Waals surface area contributed by atoms with Crippen molar-refractivity contribution in [1.29, 1.82) is 0 Å². The van der Waals surface area contributed by atoms with Crippen molar-refractivity contribution in [2.24, 2.45) is 0 Å². The summed E-state index contributed by atoms with van der Waals surface area (Å²) in [7, 11) is 0. The number of rotatable bonds is 4. The smallest absolute Gasteiger partial charge is 0.116 e. The highest BCUT2D eigenvalue weighted by atomic mass is 16.9. The Labute approximate surface area is 135 Å². The molecule has 1 aliphatic rings. The van der Waals surface area contributed by atoms with Crippen LogP contribution in [0.15, 0.2) is 12.7 Å². The van der Waals surface area contributed by atoms with Crippen molar-refractivity contribution in [2.45, 2.75) is 89.9 Å². The lowest BCUT2D eigenvalue weighted by atomic mass is 9.77. The lowest BCUT2D eigenvalue weighted by molar-refractivity contribution is -0.435. The lowest BCUT2D eigenvalue weighted by Crippen LogP contribution is -2.62. The Hall–Kier alpha value is -0.460. The van der Waals surface area contributed by atoms with Crippen LogP contribution in [0.5, 0.6) is 0 Å². The third-order valence-electron chi connectivity index (χ3n) is 5.36. The molecule has 0 aromatic carbocycles. The zero-order chi connectivity index (χ0) is 16.9. The van der Waals surface area contributed by atoms with Gasteiger partial charge in [0, 0.05) is 0 Å². The number of nitrogens with zero attached hydrogens (tertiary/aromatic N) is 2. The Balaban J connectivity index is 3.22. The van der Waals surface area contributed by atoms with Crippen molar-refractivity contribution in [3.05, 3.63) is 18.1 Å². The van der Waals surface area contributed by atoms with Crippen molar-refractivity contribution in [1.82, 2.24) is 5.23 Å². The van der Waals surface area contributed by atoms with Crippen LogP contribution in [-0.2, 0) is 9.68 Å². The summed E-state index contributed by atoms with van der Waals surface area (Å²) in [4.78, 5) is 11.9. The average Bonchev–Trinajstić information content (AvgIpc) is 2.54. The molecule has 0 aliphatic carbocycles. The van der Waals surface area contributed by atoms with Gasteiger partial charge in [-0.3, -0.25) is 10.0 Å². The molecule has 1 saturated heterocycles. The number of hydrogen-bond acceptors (Lipinski definition) is 4. The molecule has 2 atom stereocenters. The van der Waals surface area contributed by atoms with E-state index in [1.165, 1.54) is 0 Å². The van der Waals surface area contributed by atoms with Gasteiger partial charge >= 0.3 is 0 Å². The zero-order valence-electron chi connectivity index (χ0n) is 14.9. The van der Waals surface area contributed by atoms with Gasteiger partial charge in [-0.05, 0) is 39.5 Å². The highest BCUT2D eigenvalue weighted by Crippen LogP contribution is 2.41. The van der Waals surface area contributed by atoms with E-state index in [9.17, 15) is 5.21 Å². The summed E-state index contributed by atoms with van der Waals surface area (Å²) in [6.45, 7) is 14.7. The van der Waals surface area contributed by atoms with Crippen LogP contribution in [-0.4, -0.2) is 33.7 Å². The van der Waals surface area contributed by atoms with Crippen LogP contribution in [0.1, 0.15) is 73.1 Å². The molecule has 5 nitrogen and oxygen atoms in total. The van der Waals surface area contributed by atoms with Gasteiger partial charge in [-0.15, -0.1) is 13.1 Å². The maximum absolute atomic E-state index is 10.7. The van der Waals surface area contributed by atoms with Gasteiger partial charge in [0.2, 0.25) is 0 Å². The zero-order valence-corrected chi connectivity index (χ0v) is 14.9. The Morgan fingerprint density at radius 3 is 2.32 bits per heavy atom. The second kappa shape index (κ2) is 7.88. The van der Waals surface area contributed by atoms with E-state index < -0.39 is 16.7 Å². The van der Waals surface area contributed by atoms with Gasteiger partial charge < -0.3 is 10.3 Å². The molecule has 1 unspecified atom stereocenters. The quantitative estimate of drug-likeness (QED) is 0.759. The Bertz CT molecular complexity index is 360. The Morgan fingerprint density at radius 1 is 1.18 bits per heavy atom. The van der Waals surface area contributed by atoms with Gasteiger partial charge in [0.05, 0.1) is 11.2 Å². The van der Waals surface area contributed by atoms with Gasteiger partial charge in [-0.25, -0.2) is 0 Å². The van der Waals surface area contributed by atoms with Gasteiger partial charge in [0.15, 0.2) is 0 Å². The molecule has 130 valence electrons. The SMILES string of the molecule is C=CC1(C)N(O)O[C@](C)(CC)CCCC[N-]OC1(CC)CC. The highest BCUT2D eigenvalue weighted by Gasteiger charge is 2.50. The van der Waals surface area contributed by atoms with E-state index in [4.69, 9.17) is 9.68 Å². The molecule has 22 heavy (non-hydrogen) atoms. The van der Waals surface area contributed by atoms with Crippen LogP contribution in [0.4, 0.5) is 0 Å². The van der Waals surface area contributed by atoms with Gasteiger partial charge in [-0.1, -0.05) is 44.9 Å². The van der Waals surface area contributed by atoms with Crippen LogP contribution in [0.2, 0.25) is 0 Å². The normalized spacial score (nSPS) is 34.8. The second-order valence-corrected chi connectivity index (χ2v) is 6.62. The molecule has 1 aliphatic heterocycles. The van der Waals surface area contributed by atoms with Crippen molar-refractivity contribution in [2.75, 3.05) is 6.54 Å². The Kier molecular flexibility index (Phi) is 7.02. The molecular formula is C17H33N2O3-. The van der Waals surface area contributed by atoms with E-state index in [-0.39, 0.29) is 0 Å². The molecule has 0 radical (unpaired) electrons. The summed E-state index contributed by atoms with van der Waals surface area (Å²) in [6, 6.07) is 0. The topological polar surface area (TPSA) is 56.0 Å². The molecule has 1 rings (SSSR count). The first-order valence-corrected chi connectivity index (χ1v) is 8.50. The molecule has 5 heteroatoms. The first kappa shape index (κ1) is 19.6. The predicted octanol–water partition coefficient (Wildman–Crippen LogP) is 4.77. The second-order valence-electron chi connectivity index (χ2n) is 6.62. The molecule has 1 N–H and O–H groups in total. The van der Waals surface area contributed by atoms with Crippen LogP contribution in [0.25, 0.3) is 5.48 Å². The molecular weight excluding hydrogens is 280 g/mol. The molecule has 0 bridgehead atoms. The first-order chi connectivity index (χ1) is 10.3. The molecule has 0 amide bonds. The summed E-state index contributed by atoms with van der Waals surface area (Å²) in [5.41, 5.74) is 2.31. The summed E-state index contributed by atoms with van der Waals surface area (Å²) < 4.78 is 0. The van der Waals surface area contributed by atoms with Crippen LogP contribution in [0.3, 0.4) is 0 Å². The summed E-state index contributed by atoms with van der Waals surface area (Å²) in [5, 5.41) is 11.7. The van der Waals surface area contributed by atoms with Crippen molar-refractivity contribution >= 4 is 0 Å². The lowest BCUT2D eigenvalue weighted by Gasteiger charge is -2.53. The molecule has 0 saturated carbocycles. The first-order valence-electron chi connectivity index (χ1n) is 8.50. The summed E-state index contributed by atoms with van der Waals surface area (Å²) >= 11 is 0. The monoisotopic (exact) mass is 313 g/mol. The Morgan fingerprint density at radius 2 is 1.82 bits per heavy atom. The third kappa shape index (κ3) is 3.71. The fourth-order valence-corrected chi connectivity index (χ4v) is 3.06. The maximum Gasteiger partial charge on any atom is 0.116 e. The van der Waals surface area contributed by atoms with Crippen molar-refractivity contribution in [3.8, 4) is 0 Å². The highest BCUT2D eigenvalue weighted by molar-refractivity contribution is 5.12. The minimum atomic E-state index is -0.888. The van der Waals surface area contributed by atoms with Crippen molar-refractivity contribution < 1.29 is 14.9 Å². The molecule has 1 fully saturated rings. The van der Waals surface area contributed by atoms with Gasteiger partial charge in [0.1, 0.15) is 5.54 Å². The van der Waals surface area contributed by atoms with Crippen LogP contribution in [0, 0.1) is 0 Å². The fourth-order valence-electron chi connectivity index (χ4n) is 3.06. The fraction of sp³-hybridized carbons (Fsp3) is 0.882. The summed E-state index contributed by atoms with van der Waals surface area (Å²) in [6.07, 6.45) is 6.72. The van der Waals surface area contributed by atoms with E-state index in [0.29, 0.717) is 19.4 Å². The van der Waals surface area contributed by atoms with Gasteiger partial charge in [-0.2, -0.15) is 0 Å². The molecule has 0 spiro atoms. The van der Waals surface area contributed by atoms with E-state index >= 15 is 0 Å². The number of hydrogen-bond donors (Lipinski definition) is 1. The van der Waals surface area contributed by atoms with E-state index in [2.05, 4.69) is 19.0 Å².